The molecule has 0 spiro atoms. The zero-order chi connectivity index (χ0) is 16.9. The number of hydrogen-bond acceptors (Lipinski definition) is 4. The van der Waals surface area contributed by atoms with Gasteiger partial charge in [0.1, 0.15) is 0 Å². The summed E-state index contributed by atoms with van der Waals surface area (Å²) >= 11 is 1.32. The van der Waals surface area contributed by atoms with Crippen LogP contribution in [-0.2, 0) is 9.36 Å². The Labute approximate surface area is 141 Å². The Morgan fingerprint density at radius 2 is 1.96 bits per heavy atom. The molecule has 0 heterocycles. The fourth-order valence-electron chi connectivity index (χ4n) is 2.48. The second-order valence-electron chi connectivity index (χ2n) is 5.45. The predicted molar refractivity (Wildman–Crippen MR) is 93.3 cm³/mol. The van der Waals surface area contributed by atoms with Crippen LogP contribution >= 0.6 is 20.2 Å². The number of fused-ring (bicyclic) bond motifs is 1. The number of thioether (sulfide) groups is 1. The standard InChI is InChI=1S/C17H19O4PS/c1-2-5-15(16(18)19)17(20,22-21)11-23-14-9-8-12-6-3-4-7-13(12)10-14/h3-4,6-10,15,20H,2,5,11H2,1H3,(H,18,19). The molecular weight excluding hydrogens is 331 g/mol. The van der Waals surface area contributed by atoms with Crippen LogP contribution in [0.15, 0.2) is 47.4 Å². The van der Waals surface area contributed by atoms with E-state index in [1.54, 1.807) is 0 Å². The first-order chi connectivity index (χ1) is 11.0. The van der Waals surface area contributed by atoms with Crippen molar-refractivity contribution in [3.63, 3.8) is 0 Å². The van der Waals surface area contributed by atoms with Crippen molar-refractivity contribution >= 4 is 37.0 Å². The van der Waals surface area contributed by atoms with Crippen molar-refractivity contribution in [2.45, 2.75) is 30.0 Å². The van der Waals surface area contributed by atoms with Crippen LogP contribution in [-0.4, -0.2) is 27.3 Å². The maximum absolute atomic E-state index is 11.5. The maximum atomic E-state index is 11.5. The van der Waals surface area contributed by atoms with Crippen LogP contribution in [0.5, 0.6) is 0 Å². The molecule has 2 unspecified atom stereocenters. The third kappa shape index (κ3) is 4.31. The highest BCUT2D eigenvalue weighted by molar-refractivity contribution is 7.99. The van der Waals surface area contributed by atoms with Gasteiger partial charge in [0, 0.05) is 10.6 Å². The number of rotatable bonds is 8. The zero-order valence-corrected chi connectivity index (χ0v) is 14.5. The molecular formula is C17H19O4PS. The van der Waals surface area contributed by atoms with Gasteiger partial charge in [0.2, 0.25) is 0 Å². The third-order valence-corrected chi connectivity index (χ3v) is 5.94. The van der Waals surface area contributed by atoms with Crippen LogP contribution in [0.3, 0.4) is 0 Å². The van der Waals surface area contributed by atoms with Crippen LogP contribution in [0.2, 0.25) is 0 Å². The highest BCUT2D eigenvalue weighted by atomic mass is 32.2. The SMILES string of the molecule is CCCC(C(=O)O)C(O)(CSc1ccc2ccccc2c1)P=O. The van der Waals surface area contributed by atoms with Crippen LogP contribution in [0.4, 0.5) is 0 Å². The minimum absolute atomic E-state index is 0.0629. The summed E-state index contributed by atoms with van der Waals surface area (Å²) in [6, 6.07) is 13.8. The Kier molecular flexibility index (Phi) is 6.17. The van der Waals surface area contributed by atoms with Gasteiger partial charge in [-0.05, 0) is 29.3 Å². The molecule has 0 aliphatic heterocycles. The van der Waals surface area contributed by atoms with Crippen molar-refractivity contribution in [1.29, 1.82) is 0 Å². The van der Waals surface area contributed by atoms with E-state index in [0.717, 1.165) is 15.7 Å². The van der Waals surface area contributed by atoms with E-state index in [-0.39, 0.29) is 5.75 Å². The first kappa shape index (κ1) is 17.9. The average molecular weight is 350 g/mol. The van der Waals surface area contributed by atoms with Gasteiger partial charge in [0.25, 0.3) is 0 Å². The fraction of sp³-hybridized carbons (Fsp3) is 0.353. The molecule has 0 aliphatic rings. The molecule has 0 bridgehead atoms. The van der Waals surface area contributed by atoms with E-state index >= 15 is 0 Å². The molecule has 4 nitrogen and oxygen atoms in total. The van der Waals surface area contributed by atoms with Crippen LogP contribution in [0, 0.1) is 5.92 Å². The minimum atomic E-state index is -1.77. The molecule has 2 rings (SSSR count). The molecule has 0 fully saturated rings. The van der Waals surface area contributed by atoms with Gasteiger partial charge in [-0.15, -0.1) is 11.8 Å². The van der Waals surface area contributed by atoms with Gasteiger partial charge in [0.15, 0.2) is 13.8 Å². The lowest BCUT2D eigenvalue weighted by atomic mass is 9.98. The lowest BCUT2D eigenvalue weighted by Crippen LogP contribution is -2.39. The number of benzene rings is 2. The van der Waals surface area contributed by atoms with Gasteiger partial charge < -0.3 is 10.2 Å². The predicted octanol–water partition coefficient (Wildman–Crippen LogP) is 4.41. The summed E-state index contributed by atoms with van der Waals surface area (Å²) < 4.78 is 11.5. The number of carboxylic acid groups (broad SMARTS) is 1. The third-order valence-electron chi connectivity index (χ3n) is 3.76. The summed E-state index contributed by atoms with van der Waals surface area (Å²) in [5.41, 5.74) is 0. The van der Waals surface area contributed by atoms with E-state index in [4.69, 9.17) is 0 Å². The Morgan fingerprint density at radius 3 is 2.57 bits per heavy atom. The monoisotopic (exact) mass is 350 g/mol. The summed E-state index contributed by atoms with van der Waals surface area (Å²) in [6.45, 7) is 1.84. The van der Waals surface area contributed by atoms with Crippen LogP contribution < -0.4 is 0 Å². The van der Waals surface area contributed by atoms with Crippen LogP contribution in [0.1, 0.15) is 19.8 Å². The lowest BCUT2D eigenvalue weighted by molar-refractivity contribution is -0.146. The van der Waals surface area contributed by atoms with Gasteiger partial charge in [-0.3, -0.25) is 9.36 Å². The molecule has 0 saturated heterocycles. The Morgan fingerprint density at radius 1 is 1.26 bits per heavy atom. The van der Waals surface area contributed by atoms with Crippen LogP contribution in [0.25, 0.3) is 10.8 Å². The van der Waals surface area contributed by atoms with E-state index in [2.05, 4.69) is 0 Å². The normalized spacial score (nSPS) is 15.4. The van der Waals surface area contributed by atoms with Crippen molar-refractivity contribution in [1.82, 2.24) is 0 Å². The first-order valence-electron chi connectivity index (χ1n) is 7.41. The molecule has 2 aromatic rings. The molecule has 2 N–H and O–H groups in total. The summed E-state index contributed by atoms with van der Waals surface area (Å²) in [5, 5.41) is 20.2. The summed E-state index contributed by atoms with van der Waals surface area (Å²) in [5.74, 6) is -2.09. The average Bonchev–Trinajstić information content (AvgIpc) is 2.57. The molecule has 2 aromatic carbocycles. The topological polar surface area (TPSA) is 74.6 Å². The molecule has 2 atom stereocenters. The second kappa shape index (κ2) is 7.91. The molecule has 0 amide bonds. The van der Waals surface area contributed by atoms with E-state index in [1.165, 1.54) is 11.8 Å². The van der Waals surface area contributed by atoms with Crippen molar-refractivity contribution in [3.05, 3.63) is 42.5 Å². The highest BCUT2D eigenvalue weighted by Crippen LogP contribution is 2.38. The van der Waals surface area contributed by atoms with E-state index in [1.807, 2.05) is 49.4 Å². The van der Waals surface area contributed by atoms with E-state index < -0.39 is 25.7 Å². The molecule has 0 aromatic heterocycles. The van der Waals surface area contributed by atoms with Crippen molar-refractivity contribution in [2.75, 3.05) is 5.75 Å². The lowest BCUT2D eigenvalue weighted by Gasteiger charge is -2.26. The van der Waals surface area contributed by atoms with Gasteiger partial charge >= 0.3 is 5.97 Å². The van der Waals surface area contributed by atoms with Gasteiger partial charge in [-0.1, -0.05) is 43.7 Å². The molecule has 0 saturated carbocycles. The molecule has 122 valence electrons. The second-order valence-corrected chi connectivity index (χ2v) is 7.45. The van der Waals surface area contributed by atoms with Crippen molar-refractivity contribution in [3.8, 4) is 0 Å². The molecule has 6 heteroatoms. The smallest absolute Gasteiger partial charge is 0.310 e. The summed E-state index contributed by atoms with van der Waals surface area (Å²) in [7, 11) is -0.551. The van der Waals surface area contributed by atoms with Crippen molar-refractivity contribution in [2.24, 2.45) is 5.92 Å². The number of aliphatic carboxylic acids is 1. The summed E-state index contributed by atoms with van der Waals surface area (Å²) in [4.78, 5) is 12.3. The Balaban J connectivity index is 2.17. The van der Waals surface area contributed by atoms with E-state index in [9.17, 15) is 19.6 Å². The van der Waals surface area contributed by atoms with Gasteiger partial charge in [-0.2, -0.15) is 0 Å². The molecule has 0 aliphatic carbocycles. The Hall–Kier alpha value is -1.42. The summed E-state index contributed by atoms with van der Waals surface area (Å²) in [6.07, 6.45) is 0.898. The fourth-order valence-corrected chi connectivity index (χ4v) is 4.20. The first-order valence-corrected chi connectivity index (χ1v) is 9.21. The van der Waals surface area contributed by atoms with E-state index in [0.29, 0.717) is 12.8 Å². The number of hydrogen-bond donors (Lipinski definition) is 2. The number of carboxylic acids is 1. The zero-order valence-electron chi connectivity index (χ0n) is 12.8. The number of carbonyl (C=O) groups is 1. The van der Waals surface area contributed by atoms with Gasteiger partial charge in [0.05, 0.1) is 5.92 Å². The maximum Gasteiger partial charge on any atom is 0.310 e. The van der Waals surface area contributed by atoms with Crippen molar-refractivity contribution < 1.29 is 19.6 Å². The largest absolute Gasteiger partial charge is 0.481 e. The minimum Gasteiger partial charge on any atom is -0.481 e. The Bertz CT molecular complexity index is 706. The molecule has 23 heavy (non-hydrogen) atoms. The number of aliphatic hydroxyl groups is 1. The highest BCUT2D eigenvalue weighted by Gasteiger charge is 2.42. The van der Waals surface area contributed by atoms with Gasteiger partial charge in [-0.25, -0.2) is 0 Å². The quantitative estimate of drug-likeness (QED) is 0.545. The molecule has 0 radical (unpaired) electrons.